The fourth-order valence-electron chi connectivity index (χ4n) is 2.23. The van der Waals surface area contributed by atoms with Gasteiger partial charge in [0.25, 0.3) is 0 Å². The van der Waals surface area contributed by atoms with Crippen molar-refractivity contribution in [3.63, 3.8) is 0 Å². The topological polar surface area (TPSA) is 58.0 Å². The summed E-state index contributed by atoms with van der Waals surface area (Å²) < 4.78 is 0.862. The highest BCUT2D eigenvalue weighted by molar-refractivity contribution is 9.10. The Kier molecular flexibility index (Phi) is 3.76. The van der Waals surface area contributed by atoms with Crippen LogP contribution in [-0.2, 0) is 0 Å². The summed E-state index contributed by atoms with van der Waals surface area (Å²) in [5.41, 5.74) is 0.0460. The molecule has 0 aromatic carbocycles. The van der Waals surface area contributed by atoms with Crippen LogP contribution in [0.2, 0.25) is 0 Å². The molecule has 0 amide bonds. The molecule has 1 aromatic heterocycles. The second-order valence-electron chi connectivity index (χ2n) is 4.44. The van der Waals surface area contributed by atoms with Gasteiger partial charge in [0, 0.05) is 18.2 Å². The van der Waals surface area contributed by atoms with Gasteiger partial charge in [0.1, 0.15) is 12.1 Å². The van der Waals surface area contributed by atoms with E-state index in [0.717, 1.165) is 29.7 Å². The minimum atomic E-state index is 0.0460. The summed E-state index contributed by atoms with van der Waals surface area (Å²) in [5, 5.41) is 12.8. The molecule has 1 saturated carbocycles. The highest BCUT2D eigenvalue weighted by Gasteiger charge is 2.33. The lowest BCUT2D eigenvalue weighted by atomic mass is 9.87. The van der Waals surface area contributed by atoms with Gasteiger partial charge in [-0.25, -0.2) is 9.97 Å². The van der Waals surface area contributed by atoms with E-state index in [1.165, 1.54) is 19.2 Å². The SMILES string of the molecule is OCC1(CNc2ncncc2Br)CCCC1. The van der Waals surface area contributed by atoms with Crippen molar-refractivity contribution in [2.75, 3.05) is 18.5 Å². The number of aliphatic hydroxyl groups excluding tert-OH is 1. The van der Waals surface area contributed by atoms with Gasteiger partial charge in [0.15, 0.2) is 0 Å². The molecule has 0 radical (unpaired) electrons. The zero-order valence-corrected chi connectivity index (χ0v) is 10.7. The van der Waals surface area contributed by atoms with Gasteiger partial charge in [-0.2, -0.15) is 0 Å². The van der Waals surface area contributed by atoms with E-state index < -0.39 is 0 Å². The molecule has 0 bridgehead atoms. The van der Waals surface area contributed by atoms with Gasteiger partial charge in [0.05, 0.1) is 11.1 Å². The molecule has 2 N–H and O–H groups in total. The highest BCUT2D eigenvalue weighted by atomic mass is 79.9. The predicted molar refractivity (Wildman–Crippen MR) is 66.2 cm³/mol. The van der Waals surface area contributed by atoms with Crippen molar-refractivity contribution in [3.8, 4) is 0 Å². The van der Waals surface area contributed by atoms with E-state index in [2.05, 4.69) is 31.2 Å². The minimum absolute atomic E-state index is 0.0460. The third kappa shape index (κ3) is 2.52. The zero-order chi connectivity index (χ0) is 11.4. The number of halogens is 1. The number of nitrogens with one attached hydrogen (secondary N) is 1. The van der Waals surface area contributed by atoms with E-state index in [-0.39, 0.29) is 12.0 Å². The smallest absolute Gasteiger partial charge is 0.143 e. The summed E-state index contributed by atoms with van der Waals surface area (Å²) in [7, 11) is 0. The molecular weight excluding hydrogens is 270 g/mol. The van der Waals surface area contributed by atoms with Crippen molar-refractivity contribution in [2.24, 2.45) is 5.41 Å². The fraction of sp³-hybridized carbons (Fsp3) is 0.636. The number of aromatic nitrogens is 2. The Morgan fingerprint density at radius 2 is 2.19 bits per heavy atom. The van der Waals surface area contributed by atoms with Crippen molar-refractivity contribution in [1.82, 2.24) is 9.97 Å². The summed E-state index contributed by atoms with van der Waals surface area (Å²) in [6.07, 6.45) is 7.86. The first kappa shape index (κ1) is 11.8. The fourth-order valence-corrected chi connectivity index (χ4v) is 2.59. The Morgan fingerprint density at radius 3 is 2.81 bits per heavy atom. The van der Waals surface area contributed by atoms with Crippen molar-refractivity contribution >= 4 is 21.7 Å². The van der Waals surface area contributed by atoms with Crippen LogP contribution in [0.25, 0.3) is 0 Å². The average Bonchev–Trinajstić information content (AvgIpc) is 2.78. The lowest BCUT2D eigenvalue weighted by Gasteiger charge is -2.26. The third-order valence-electron chi connectivity index (χ3n) is 3.30. The Morgan fingerprint density at radius 1 is 1.44 bits per heavy atom. The zero-order valence-electron chi connectivity index (χ0n) is 9.12. The number of hydrogen-bond acceptors (Lipinski definition) is 4. The monoisotopic (exact) mass is 285 g/mol. The molecule has 88 valence electrons. The van der Waals surface area contributed by atoms with Crippen LogP contribution in [0.15, 0.2) is 17.0 Å². The maximum absolute atomic E-state index is 9.48. The summed E-state index contributed by atoms with van der Waals surface area (Å²) >= 11 is 3.40. The number of nitrogens with zero attached hydrogens (tertiary/aromatic N) is 2. The Hall–Kier alpha value is -0.680. The van der Waals surface area contributed by atoms with Gasteiger partial charge >= 0.3 is 0 Å². The molecule has 1 aliphatic carbocycles. The van der Waals surface area contributed by atoms with E-state index >= 15 is 0 Å². The normalized spacial score (nSPS) is 18.6. The Balaban J connectivity index is 1.98. The summed E-state index contributed by atoms with van der Waals surface area (Å²) in [6.45, 7) is 1.03. The predicted octanol–water partition coefficient (Wildman–Crippen LogP) is 2.20. The molecule has 0 saturated heterocycles. The van der Waals surface area contributed by atoms with Gasteiger partial charge < -0.3 is 10.4 Å². The standard InChI is InChI=1S/C11H16BrN3O/c12-9-5-13-8-15-10(9)14-6-11(7-16)3-1-2-4-11/h5,8,16H,1-4,6-7H2,(H,13,14,15). The molecule has 4 nitrogen and oxygen atoms in total. The van der Waals surface area contributed by atoms with E-state index in [1.54, 1.807) is 6.20 Å². The third-order valence-corrected chi connectivity index (χ3v) is 3.88. The molecule has 0 unspecified atom stereocenters. The average molecular weight is 286 g/mol. The van der Waals surface area contributed by atoms with Crippen LogP contribution >= 0.6 is 15.9 Å². The first-order valence-electron chi connectivity index (χ1n) is 5.56. The summed E-state index contributed by atoms with van der Waals surface area (Å²) in [5.74, 6) is 0.801. The van der Waals surface area contributed by atoms with Gasteiger partial charge in [-0.1, -0.05) is 12.8 Å². The maximum atomic E-state index is 9.48. The number of aliphatic hydroxyl groups is 1. The van der Waals surface area contributed by atoms with Crippen LogP contribution in [-0.4, -0.2) is 28.2 Å². The van der Waals surface area contributed by atoms with E-state index in [9.17, 15) is 5.11 Å². The van der Waals surface area contributed by atoms with Crippen molar-refractivity contribution in [2.45, 2.75) is 25.7 Å². The quantitative estimate of drug-likeness (QED) is 0.891. The lowest BCUT2D eigenvalue weighted by Crippen LogP contribution is -2.30. The minimum Gasteiger partial charge on any atom is -0.396 e. The number of rotatable bonds is 4. The summed E-state index contributed by atoms with van der Waals surface area (Å²) in [6, 6.07) is 0. The van der Waals surface area contributed by atoms with Crippen LogP contribution < -0.4 is 5.32 Å². The van der Waals surface area contributed by atoms with Gasteiger partial charge in [-0.3, -0.25) is 0 Å². The summed E-state index contributed by atoms with van der Waals surface area (Å²) in [4.78, 5) is 8.07. The number of anilines is 1. The molecule has 16 heavy (non-hydrogen) atoms. The molecule has 0 atom stereocenters. The van der Waals surface area contributed by atoms with Crippen LogP contribution in [0.3, 0.4) is 0 Å². The van der Waals surface area contributed by atoms with E-state index in [0.29, 0.717) is 0 Å². The van der Waals surface area contributed by atoms with Gasteiger partial charge in [-0.05, 0) is 28.8 Å². The Labute approximate surface area is 104 Å². The Bertz CT molecular complexity index is 353. The molecular formula is C11H16BrN3O. The first-order chi connectivity index (χ1) is 7.76. The molecule has 1 aliphatic rings. The first-order valence-corrected chi connectivity index (χ1v) is 6.35. The maximum Gasteiger partial charge on any atom is 0.143 e. The van der Waals surface area contributed by atoms with Crippen LogP contribution in [0.1, 0.15) is 25.7 Å². The molecule has 0 spiro atoms. The largest absolute Gasteiger partial charge is 0.396 e. The van der Waals surface area contributed by atoms with Gasteiger partial charge in [-0.15, -0.1) is 0 Å². The molecule has 1 fully saturated rings. The molecule has 1 heterocycles. The second kappa shape index (κ2) is 5.10. The highest BCUT2D eigenvalue weighted by Crippen LogP contribution is 2.37. The second-order valence-corrected chi connectivity index (χ2v) is 5.29. The van der Waals surface area contributed by atoms with Crippen molar-refractivity contribution in [1.29, 1.82) is 0 Å². The van der Waals surface area contributed by atoms with Crippen LogP contribution in [0, 0.1) is 5.41 Å². The van der Waals surface area contributed by atoms with E-state index in [4.69, 9.17) is 0 Å². The molecule has 2 rings (SSSR count). The van der Waals surface area contributed by atoms with Crippen LogP contribution in [0.4, 0.5) is 5.82 Å². The van der Waals surface area contributed by atoms with Crippen molar-refractivity contribution < 1.29 is 5.11 Å². The van der Waals surface area contributed by atoms with Crippen molar-refractivity contribution in [3.05, 3.63) is 17.0 Å². The lowest BCUT2D eigenvalue weighted by molar-refractivity contribution is 0.142. The molecule has 1 aromatic rings. The van der Waals surface area contributed by atoms with Gasteiger partial charge in [0.2, 0.25) is 0 Å². The molecule has 5 heteroatoms. The molecule has 0 aliphatic heterocycles. The van der Waals surface area contributed by atoms with E-state index in [1.807, 2.05) is 0 Å². The van der Waals surface area contributed by atoms with Crippen LogP contribution in [0.5, 0.6) is 0 Å². The number of hydrogen-bond donors (Lipinski definition) is 2.